The number of H-pyrrole nitrogens is 1. The summed E-state index contributed by atoms with van der Waals surface area (Å²) in [5.74, 6) is -0.193. The Morgan fingerprint density at radius 1 is 1.03 bits per heavy atom. The van der Waals surface area contributed by atoms with E-state index in [4.69, 9.17) is 11.6 Å². The van der Waals surface area contributed by atoms with Gasteiger partial charge in [0.1, 0.15) is 5.69 Å². The van der Waals surface area contributed by atoms with Crippen LogP contribution in [0.15, 0.2) is 30.3 Å². The standard InChI is InChI=1S/C23H25ClN4O2S.ClH/c24-15-5-6-16-13(9-15)10-19(26-16)22(29)27-17-3-1-2-4-18(17)28-23(30)21-11-14-12-25-8-7-20(14)31-21;/h5-6,9-11,17-18,25-26H,1-4,7-8,12H2,(H,27,29)(H,28,30);1H/t17-,18+;/m1./s1. The Kier molecular flexibility index (Phi) is 7.10. The first-order chi connectivity index (χ1) is 15.1. The monoisotopic (exact) mass is 492 g/mol. The molecular formula is C23H26Cl2N4O2S. The lowest BCUT2D eigenvalue weighted by molar-refractivity contribution is 0.0862. The zero-order valence-corrected chi connectivity index (χ0v) is 19.9. The first-order valence-electron chi connectivity index (χ1n) is 10.8. The molecule has 3 heterocycles. The van der Waals surface area contributed by atoms with Crippen LogP contribution in [0.3, 0.4) is 0 Å². The molecule has 0 radical (unpaired) electrons. The summed E-state index contributed by atoms with van der Waals surface area (Å²) in [4.78, 5) is 31.1. The van der Waals surface area contributed by atoms with Crippen molar-refractivity contribution in [3.8, 4) is 0 Å². The minimum atomic E-state index is -0.156. The molecule has 1 fully saturated rings. The first kappa shape index (κ1) is 23.1. The van der Waals surface area contributed by atoms with Crippen LogP contribution in [-0.4, -0.2) is 35.4 Å². The maximum atomic E-state index is 12.9. The number of fused-ring (bicyclic) bond motifs is 2. The highest BCUT2D eigenvalue weighted by atomic mass is 35.5. The van der Waals surface area contributed by atoms with E-state index in [1.165, 1.54) is 10.4 Å². The van der Waals surface area contributed by atoms with Crippen LogP contribution >= 0.6 is 35.3 Å². The fraction of sp³-hybridized carbons (Fsp3) is 0.391. The van der Waals surface area contributed by atoms with Crippen molar-refractivity contribution >= 4 is 58.1 Å². The first-order valence-corrected chi connectivity index (χ1v) is 12.0. The molecule has 1 saturated carbocycles. The van der Waals surface area contributed by atoms with E-state index in [9.17, 15) is 9.59 Å². The molecule has 2 aromatic heterocycles. The van der Waals surface area contributed by atoms with Gasteiger partial charge in [-0.2, -0.15) is 0 Å². The molecule has 170 valence electrons. The summed E-state index contributed by atoms with van der Waals surface area (Å²) in [7, 11) is 0. The van der Waals surface area contributed by atoms with Crippen LogP contribution < -0.4 is 16.0 Å². The van der Waals surface area contributed by atoms with Gasteiger partial charge >= 0.3 is 0 Å². The maximum absolute atomic E-state index is 12.9. The molecule has 0 bridgehead atoms. The summed E-state index contributed by atoms with van der Waals surface area (Å²) in [5, 5.41) is 11.2. The highest BCUT2D eigenvalue weighted by molar-refractivity contribution is 7.14. The summed E-state index contributed by atoms with van der Waals surface area (Å²) in [5.41, 5.74) is 2.61. The van der Waals surface area contributed by atoms with Crippen molar-refractivity contribution in [3.63, 3.8) is 0 Å². The Hall–Kier alpha value is -2.06. The van der Waals surface area contributed by atoms with Crippen molar-refractivity contribution in [1.82, 2.24) is 20.9 Å². The number of aromatic amines is 1. The Morgan fingerprint density at radius 3 is 2.53 bits per heavy atom. The minimum absolute atomic E-state index is 0. The van der Waals surface area contributed by atoms with Gasteiger partial charge in [0.05, 0.1) is 4.88 Å². The van der Waals surface area contributed by atoms with E-state index in [1.54, 1.807) is 17.4 Å². The number of carbonyl (C=O) groups excluding carboxylic acids is 2. The van der Waals surface area contributed by atoms with Crippen LogP contribution in [-0.2, 0) is 13.0 Å². The Balaban J connectivity index is 0.00000245. The smallest absolute Gasteiger partial charge is 0.268 e. The predicted octanol–water partition coefficient (Wildman–Crippen LogP) is 4.42. The van der Waals surface area contributed by atoms with Gasteiger partial charge in [0, 0.05) is 46.0 Å². The number of carbonyl (C=O) groups is 2. The van der Waals surface area contributed by atoms with Crippen LogP contribution in [0.25, 0.3) is 10.9 Å². The highest BCUT2D eigenvalue weighted by Crippen LogP contribution is 2.26. The van der Waals surface area contributed by atoms with Crippen molar-refractivity contribution < 1.29 is 9.59 Å². The van der Waals surface area contributed by atoms with Gasteiger partial charge in [-0.3, -0.25) is 9.59 Å². The van der Waals surface area contributed by atoms with E-state index in [0.29, 0.717) is 10.7 Å². The lowest BCUT2D eigenvalue weighted by Gasteiger charge is -2.32. The third kappa shape index (κ3) is 4.81. The summed E-state index contributed by atoms with van der Waals surface area (Å²) in [6.07, 6.45) is 4.79. The molecule has 1 aliphatic carbocycles. The molecule has 1 aromatic carbocycles. The second-order valence-corrected chi connectivity index (χ2v) is 9.92. The van der Waals surface area contributed by atoms with Crippen molar-refractivity contribution in [2.75, 3.05) is 6.54 Å². The predicted molar refractivity (Wildman–Crippen MR) is 131 cm³/mol. The van der Waals surface area contributed by atoms with E-state index in [1.807, 2.05) is 24.3 Å². The fourth-order valence-corrected chi connectivity index (χ4v) is 5.82. The van der Waals surface area contributed by atoms with Crippen molar-refractivity contribution in [1.29, 1.82) is 0 Å². The number of hydrogen-bond acceptors (Lipinski definition) is 4. The largest absolute Gasteiger partial charge is 0.351 e. The zero-order chi connectivity index (χ0) is 21.4. The number of benzene rings is 1. The van der Waals surface area contributed by atoms with E-state index in [2.05, 4.69) is 20.9 Å². The molecule has 0 saturated heterocycles. The Morgan fingerprint density at radius 2 is 1.78 bits per heavy atom. The minimum Gasteiger partial charge on any atom is -0.351 e. The average Bonchev–Trinajstić information content (AvgIpc) is 3.39. The van der Waals surface area contributed by atoms with E-state index in [0.717, 1.165) is 61.0 Å². The van der Waals surface area contributed by atoms with E-state index < -0.39 is 0 Å². The molecule has 0 spiro atoms. The Bertz CT molecular complexity index is 1120. The summed E-state index contributed by atoms with van der Waals surface area (Å²) in [6, 6.07) is 9.17. The molecular weight excluding hydrogens is 467 g/mol. The van der Waals surface area contributed by atoms with Gasteiger partial charge in [0.25, 0.3) is 11.8 Å². The average molecular weight is 493 g/mol. The van der Waals surface area contributed by atoms with Crippen molar-refractivity contribution in [2.45, 2.75) is 50.7 Å². The third-order valence-corrected chi connectivity index (χ3v) is 7.66. The number of rotatable bonds is 4. The second-order valence-electron chi connectivity index (χ2n) is 8.34. The quantitative estimate of drug-likeness (QED) is 0.434. The van der Waals surface area contributed by atoms with Gasteiger partial charge in [-0.1, -0.05) is 24.4 Å². The molecule has 4 N–H and O–H groups in total. The van der Waals surface area contributed by atoms with Gasteiger partial charge in [0.2, 0.25) is 0 Å². The molecule has 32 heavy (non-hydrogen) atoms. The van der Waals surface area contributed by atoms with Crippen LogP contribution in [0, 0.1) is 0 Å². The van der Waals surface area contributed by atoms with Crippen LogP contribution in [0.4, 0.5) is 0 Å². The van der Waals surface area contributed by atoms with E-state index in [-0.39, 0.29) is 36.3 Å². The second kappa shape index (κ2) is 9.83. The number of halogens is 2. The van der Waals surface area contributed by atoms with Crippen molar-refractivity contribution in [2.24, 2.45) is 0 Å². The molecule has 6 nitrogen and oxygen atoms in total. The number of amides is 2. The number of hydrogen-bond donors (Lipinski definition) is 4. The van der Waals surface area contributed by atoms with Crippen LogP contribution in [0.2, 0.25) is 5.02 Å². The van der Waals surface area contributed by atoms with Crippen LogP contribution in [0.1, 0.15) is 56.3 Å². The van der Waals surface area contributed by atoms with E-state index >= 15 is 0 Å². The third-order valence-electron chi connectivity index (χ3n) is 6.19. The molecule has 9 heteroatoms. The van der Waals surface area contributed by atoms with Crippen molar-refractivity contribution in [3.05, 3.63) is 56.4 Å². The van der Waals surface area contributed by atoms with Gasteiger partial charge in [-0.15, -0.1) is 23.7 Å². The SMILES string of the molecule is Cl.O=C(N[C@@H]1CCCC[C@@H]1NC(=O)c1cc2c(s1)CCNC2)c1cc2cc(Cl)ccc2[nH]1. The van der Waals surface area contributed by atoms with Gasteiger partial charge in [-0.25, -0.2) is 0 Å². The lowest BCUT2D eigenvalue weighted by Crippen LogP contribution is -2.53. The van der Waals surface area contributed by atoms with Gasteiger partial charge in [0.15, 0.2) is 0 Å². The molecule has 3 aromatic rings. The normalized spacial score (nSPS) is 20.3. The van der Waals surface area contributed by atoms with Crippen LogP contribution in [0.5, 0.6) is 0 Å². The molecule has 2 amide bonds. The molecule has 1 aliphatic heterocycles. The van der Waals surface area contributed by atoms with Gasteiger partial charge < -0.3 is 20.9 Å². The van der Waals surface area contributed by atoms with Gasteiger partial charge in [-0.05, 0) is 55.2 Å². The maximum Gasteiger partial charge on any atom is 0.268 e. The zero-order valence-electron chi connectivity index (χ0n) is 17.5. The lowest BCUT2D eigenvalue weighted by atomic mass is 9.90. The number of aromatic nitrogens is 1. The summed E-state index contributed by atoms with van der Waals surface area (Å²) < 4.78 is 0. The Labute approximate surface area is 201 Å². The highest BCUT2D eigenvalue weighted by Gasteiger charge is 2.29. The fourth-order valence-electron chi connectivity index (χ4n) is 4.55. The number of thiophene rings is 1. The molecule has 2 aliphatic rings. The summed E-state index contributed by atoms with van der Waals surface area (Å²) in [6.45, 7) is 1.79. The molecule has 0 unspecified atom stereocenters. The molecule has 2 atom stereocenters. The topological polar surface area (TPSA) is 86.0 Å². The summed E-state index contributed by atoms with van der Waals surface area (Å²) >= 11 is 7.65. The molecule has 5 rings (SSSR count). The number of nitrogens with one attached hydrogen (secondary N) is 4.